The van der Waals surface area contributed by atoms with Crippen molar-refractivity contribution in [2.75, 3.05) is 0 Å². The molecular formula is C19H17N5O2. The molecule has 7 heteroatoms. The summed E-state index contributed by atoms with van der Waals surface area (Å²) < 4.78 is 0. The molecule has 130 valence electrons. The van der Waals surface area contributed by atoms with E-state index in [0.717, 1.165) is 0 Å². The van der Waals surface area contributed by atoms with Crippen molar-refractivity contribution in [3.05, 3.63) is 71.3 Å². The molecule has 0 amide bonds. The molecular weight excluding hydrogens is 330 g/mol. The third-order valence-corrected chi connectivity index (χ3v) is 3.92. The van der Waals surface area contributed by atoms with E-state index < -0.39 is 0 Å². The molecule has 0 spiro atoms. The predicted octanol–water partition coefficient (Wildman–Crippen LogP) is 1.97. The number of phenolic OH excluding ortho intramolecular Hbond substituents is 1. The minimum absolute atomic E-state index is 0.0665. The Hall–Kier alpha value is -3.87. The van der Waals surface area contributed by atoms with E-state index >= 15 is 0 Å². The molecule has 0 aliphatic carbocycles. The summed E-state index contributed by atoms with van der Waals surface area (Å²) in [6.07, 6.45) is 0. The lowest BCUT2D eigenvalue weighted by atomic mass is 9.95. The molecule has 0 fully saturated rings. The van der Waals surface area contributed by atoms with Crippen LogP contribution in [0.2, 0.25) is 0 Å². The Balaban J connectivity index is 2.09. The first-order chi connectivity index (χ1) is 12.4. The molecule has 3 aromatic carbocycles. The molecule has 0 saturated heterocycles. The number of guanidine groups is 1. The molecule has 0 aliphatic rings. The number of nitrogens with two attached hydrogens (primary N) is 3. The Morgan fingerprint density at radius 2 is 1.58 bits per heavy atom. The average Bonchev–Trinajstić information content (AvgIpc) is 2.60. The Labute approximate surface area is 149 Å². The van der Waals surface area contributed by atoms with Gasteiger partial charge in [0, 0.05) is 11.1 Å². The first-order valence-electron chi connectivity index (χ1n) is 7.71. The van der Waals surface area contributed by atoms with Crippen molar-refractivity contribution >= 4 is 34.0 Å². The van der Waals surface area contributed by atoms with Gasteiger partial charge in [-0.25, -0.2) is 4.99 Å². The molecule has 0 unspecified atom stereocenters. The van der Waals surface area contributed by atoms with E-state index in [4.69, 9.17) is 22.6 Å². The van der Waals surface area contributed by atoms with E-state index in [1.165, 1.54) is 6.07 Å². The molecule has 0 bridgehead atoms. The lowest BCUT2D eigenvalue weighted by Gasteiger charge is -2.10. The smallest absolute Gasteiger partial charge is 0.197 e. The molecule has 0 radical (unpaired) electrons. The summed E-state index contributed by atoms with van der Waals surface area (Å²) in [4.78, 5) is 16.8. The number of nitrogen functional groups attached to an aromatic ring is 1. The van der Waals surface area contributed by atoms with E-state index in [0.29, 0.717) is 27.6 Å². The molecule has 0 heterocycles. The number of aromatic hydroxyl groups is 1. The Bertz CT molecular complexity index is 1050. The second-order valence-electron chi connectivity index (χ2n) is 5.72. The number of nitrogens with one attached hydrogen (secondary N) is 1. The van der Waals surface area contributed by atoms with Crippen LogP contribution in [0.4, 0.5) is 5.69 Å². The van der Waals surface area contributed by atoms with Gasteiger partial charge in [-0.05, 0) is 47.2 Å². The zero-order valence-corrected chi connectivity index (χ0v) is 13.7. The fourth-order valence-electron chi connectivity index (χ4n) is 2.71. The number of amidine groups is 1. The van der Waals surface area contributed by atoms with Crippen molar-refractivity contribution in [1.29, 1.82) is 5.41 Å². The first kappa shape index (κ1) is 17.0. The SMILES string of the molecule is N=C(N)c1ccc2c(C(=O)c3ccc(N=C(N)N)cc3)c(O)ccc2c1. The van der Waals surface area contributed by atoms with Gasteiger partial charge < -0.3 is 22.3 Å². The van der Waals surface area contributed by atoms with Crippen molar-refractivity contribution < 1.29 is 9.90 Å². The number of nitrogens with zero attached hydrogens (tertiary/aromatic N) is 1. The van der Waals surface area contributed by atoms with Crippen molar-refractivity contribution in [2.24, 2.45) is 22.2 Å². The maximum atomic E-state index is 12.9. The van der Waals surface area contributed by atoms with Crippen LogP contribution in [0.1, 0.15) is 21.5 Å². The lowest BCUT2D eigenvalue weighted by molar-refractivity contribution is 0.103. The lowest BCUT2D eigenvalue weighted by Crippen LogP contribution is -2.21. The number of phenols is 1. The van der Waals surface area contributed by atoms with Crippen molar-refractivity contribution in [3.63, 3.8) is 0 Å². The van der Waals surface area contributed by atoms with Crippen LogP contribution in [0, 0.1) is 5.41 Å². The third kappa shape index (κ3) is 3.18. The molecule has 3 aromatic rings. The van der Waals surface area contributed by atoms with Crippen LogP contribution in [0.15, 0.2) is 59.6 Å². The molecule has 0 aromatic heterocycles. The number of ketones is 1. The molecule has 0 atom stereocenters. The van der Waals surface area contributed by atoms with Crippen molar-refractivity contribution in [1.82, 2.24) is 0 Å². The Kier molecular flexibility index (Phi) is 4.28. The first-order valence-corrected chi connectivity index (χ1v) is 7.71. The molecule has 26 heavy (non-hydrogen) atoms. The van der Waals surface area contributed by atoms with E-state index in [2.05, 4.69) is 4.99 Å². The van der Waals surface area contributed by atoms with E-state index in [1.54, 1.807) is 48.5 Å². The quantitative estimate of drug-likeness (QED) is 0.277. The molecule has 3 rings (SSSR count). The zero-order valence-electron chi connectivity index (χ0n) is 13.7. The third-order valence-electron chi connectivity index (χ3n) is 3.92. The molecule has 0 aliphatic heterocycles. The average molecular weight is 347 g/mol. The fourth-order valence-corrected chi connectivity index (χ4v) is 2.71. The summed E-state index contributed by atoms with van der Waals surface area (Å²) in [6.45, 7) is 0. The van der Waals surface area contributed by atoms with Gasteiger partial charge in [0.1, 0.15) is 11.6 Å². The van der Waals surface area contributed by atoms with Crippen LogP contribution in [0.25, 0.3) is 10.8 Å². The molecule has 7 nitrogen and oxygen atoms in total. The number of rotatable bonds is 4. The van der Waals surface area contributed by atoms with Gasteiger partial charge in [0.2, 0.25) is 0 Å². The van der Waals surface area contributed by atoms with Gasteiger partial charge >= 0.3 is 0 Å². The summed E-state index contributed by atoms with van der Waals surface area (Å²) in [7, 11) is 0. The highest BCUT2D eigenvalue weighted by molar-refractivity contribution is 6.18. The van der Waals surface area contributed by atoms with E-state index in [1.807, 2.05) is 0 Å². The monoisotopic (exact) mass is 347 g/mol. The summed E-state index contributed by atoms with van der Waals surface area (Å²) in [5.74, 6) is -0.591. The number of hydrogen-bond acceptors (Lipinski definition) is 4. The van der Waals surface area contributed by atoms with Crippen LogP contribution >= 0.6 is 0 Å². The van der Waals surface area contributed by atoms with Gasteiger partial charge in [-0.2, -0.15) is 0 Å². The van der Waals surface area contributed by atoms with Gasteiger partial charge in [0.25, 0.3) is 0 Å². The fraction of sp³-hybridized carbons (Fsp3) is 0. The maximum Gasteiger partial charge on any atom is 0.197 e. The standard InChI is InChI=1S/C19H17N5O2/c20-18(21)12-3-7-14-11(9-12)4-8-15(25)16(14)17(26)10-1-5-13(6-2-10)24-19(22)23/h1-9,25H,(H3,20,21)(H4,22,23,24). The number of hydrogen-bond donors (Lipinski definition) is 5. The highest BCUT2D eigenvalue weighted by Gasteiger charge is 2.17. The number of fused-ring (bicyclic) bond motifs is 1. The van der Waals surface area contributed by atoms with Crippen LogP contribution in [0.3, 0.4) is 0 Å². The second-order valence-corrected chi connectivity index (χ2v) is 5.72. The Morgan fingerprint density at radius 3 is 2.19 bits per heavy atom. The van der Waals surface area contributed by atoms with Gasteiger partial charge in [-0.15, -0.1) is 0 Å². The van der Waals surface area contributed by atoms with Gasteiger partial charge in [0.05, 0.1) is 11.3 Å². The van der Waals surface area contributed by atoms with Crippen LogP contribution in [-0.4, -0.2) is 22.7 Å². The number of benzene rings is 3. The van der Waals surface area contributed by atoms with E-state index in [9.17, 15) is 9.90 Å². The summed E-state index contributed by atoms with van der Waals surface area (Å²) >= 11 is 0. The largest absolute Gasteiger partial charge is 0.507 e. The van der Waals surface area contributed by atoms with Gasteiger partial charge in [-0.3, -0.25) is 10.2 Å². The predicted molar refractivity (Wildman–Crippen MR) is 102 cm³/mol. The van der Waals surface area contributed by atoms with Crippen LogP contribution < -0.4 is 17.2 Å². The molecule has 0 saturated carbocycles. The van der Waals surface area contributed by atoms with Gasteiger partial charge in [-0.1, -0.05) is 18.2 Å². The van der Waals surface area contributed by atoms with Crippen molar-refractivity contribution in [3.8, 4) is 5.75 Å². The minimum atomic E-state index is -0.333. The van der Waals surface area contributed by atoms with Crippen LogP contribution in [0.5, 0.6) is 5.75 Å². The molecule has 8 N–H and O–H groups in total. The topological polar surface area (TPSA) is 152 Å². The second kappa shape index (κ2) is 6.56. The highest BCUT2D eigenvalue weighted by Crippen LogP contribution is 2.30. The van der Waals surface area contributed by atoms with E-state index in [-0.39, 0.29) is 28.9 Å². The van der Waals surface area contributed by atoms with Gasteiger partial charge in [0.15, 0.2) is 11.7 Å². The summed E-state index contributed by atoms with van der Waals surface area (Å²) in [6, 6.07) is 14.6. The normalized spacial score (nSPS) is 10.5. The van der Waals surface area contributed by atoms with Crippen LogP contribution in [-0.2, 0) is 0 Å². The Morgan fingerprint density at radius 1 is 0.923 bits per heavy atom. The number of carbonyl (C=O) groups is 1. The highest BCUT2D eigenvalue weighted by atomic mass is 16.3. The zero-order chi connectivity index (χ0) is 18.8. The number of carbonyl (C=O) groups excluding carboxylic acids is 1. The summed E-state index contributed by atoms with van der Waals surface area (Å²) in [5.41, 5.74) is 17.8. The maximum absolute atomic E-state index is 12.9. The van der Waals surface area contributed by atoms with Crippen molar-refractivity contribution in [2.45, 2.75) is 0 Å². The summed E-state index contributed by atoms with van der Waals surface area (Å²) in [5, 5.41) is 19.1. The minimum Gasteiger partial charge on any atom is -0.507 e. The number of aliphatic imine (C=N–C) groups is 1.